The van der Waals surface area contributed by atoms with E-state index in [4.69, 9.17) is 0 Å². The predicted molar refractivity (Wildman–Crippen MR) is 60.7 cm³/mol. The Labute approximate surface area is 94.6 Å². The molecule has 1 aromatic rings. The van der Waals surface area contributed by atoms with Crippen LogP contribution in [0.2, 0.25) is 0 Å². The van der Waals surface area contributed by atoms with Crippen LogP contribution in [0.1, 0.15) is 19.8 Å². The molecule has 1 rings (SSSR count). The molecular weight excluding hydrogens is 209 g/mol. The first kappa shape index (κ1) is 12.5. The van der Waals surface area contributed by atoms with E-state index in [1.807, 2.05) is 6.92 Å². The summed E-state index contributed by atoms with van der Waals surface area (Å²) in [5, 5.41) is 3.15. The highest BCUT2D eigenvalue weighted by Gasteiger charge is 2.11. The number of carbonyl (C=O) groups excluding carboxylic acids is 1. The number of hydrogen-bond donors (Lipinski definition) is 1. The molecule has 0 aliphatic rings. The van der Waals surface area contributed by atoms with Gasteiger partial charge in [-0.2, -0.15) is 0 Å². The summed E-state index contributed by atoms with van der Waals surface area (Å²) >= 11 is 0. The summed E-state index contributed by atoms with van der Waals surface area (Å²) in [5.74, 6) is -0.520. The lowest BCUT2D eigenvalue weighted by Gasteiger charge is -2.16. The van der Waals surface area contributed by atoms with E-state index in [0.29, 0.717) is 6.42 Å². The van der Waals surface area contributed by atoms with Gasteiger partial charge in [0.2, 0.25) is 0 Å². The SMILES string of the molecule is CC[C@H](CC(=O)OC)Nc1ccc(F)cc1. The third-order valence-corrected chi connectivity index (χ3v) is 2.35. The molecule has 0 saturated carbocycles. The number of benzene rings is 1. The minimum Gasteiger partial charge on any atom is -0.469 e. The van der Waals surface area contributed by atoms with E-state index in [2.05, 4.69) is 10.1 Å². The molecule has 0 unspecified atom stereocenters. The van der Waals surface area contributed by atoms with Gasteiger partial charge in [0.1, 0.15) is 5.82 Å². The molecule has 88 valence electrons. The van der Waals surface area contributed by atoms with Crippen LogP contribution in [0.3, 0.4) is 0 Å². The fourth-order valence-electron chi connectivity index (χ4n) is 1.36. The Morgan fingerprint density at radius 1 is 1.44 bits per heavy atom. The van der Waals surface area contributed by atoms with E-state index in [-0.39, 0.29) is 17.8 Å². The first-order valence-electron chi connectivity index (χ1n) is 5.24. The summed E-state index contributed by atoms with van der Waals surface area (Å²) in [5.41, 5.74) is 0.803. The van der Waals surface area contributed by atoms with Crippen LogP contribution in [0.4, 0.5) is 10.1 Å². The monoisotopic (exact) mass is 225 g/mol. The molecule has 4 heteroatoms. The summed E-state index contributed by atoms with van der Waals surface area (Å²) in [6.07, 6.45) is 1.11. The number of nitrogens with one attached hydrogen (secondary N) is 1. The normalized spacial score (nSPS) is 11.9. The molecule has 1 atom stereocenters. The highest BCUT2D eigenvalue weighted by molar-refractivity contribution is 5.70. The van der Waals surface area contributed by atoms with Gasteiger partial charge in [-0.3, -0.25) is 4.79 Å². The van der Waals surface area contributed by atoms with Gasteiger partial charge in [0.25, 0.3) is 0 Å². The summed E-state index contributed by atoms with van der Waals surface area (Å²) in [6, 6.07) is 6.07. The maximum absolute atomic E-state index is 12.7. The maximum atomic E-state index is 12.7. The van der Waals surface area contributed by atoms with Crippen LogP contribution >= 0.6 is 0 Å². The molecule has 16 heavy (non-hydrogen) atoms. The number of esters is 1. The quantitative estimate of drug-likeness (QED) is 0.783. The van der Waals surface area contributed by atoms with E-state index in [1.165, 1.54) is 19.2 Å². The lowest BCUT2D eigenvalue weighted by molar-refractivity contribution is -0.140. The van der Waals surface area contributed by atoms with Crippen molar-refractivity contribution in [2.45, 2.75) is 25.8 Å². The number of halogens is 1. The lowest BCUT2D eigenvalue weighted by Crippen LogP contribution is -2.22. The van der Waals surface area contributed by atoms with Gasteiger partial charge in [0.15, 0.2) is 0 Å². The number of carbonyl (C=O) groups is 1. The van der Waals surface area contributed by atoms with Gasteiger partial charge in [0, 0.05) is 11.7 Å². The van der Waals surface area contributed by atoms with Gasteiger partial charge in [-0.15, -0.1) is 0 Å². The zero-order chi connectivity index (χ0) is 12.0. The van der Waals surface area contributed by atoms with Gasteiger partial charge in [-0.05, 0) is 30.7 Å². The second-order valence-corrected chi connectivity index (χ2v) is 3.54. The Morgan fingerprint density at radius 3 is 2.56 bits per heavy atom. The number of methoxy groups -OCH3 is 1. The van der Waals surface area contributed by atoms with E-state index >= 15 is 0 Å². The summed E-state index contributed by atoms with van der Waals surface area (Å²) in [7, 11) is 1.37. The van der Waals surface area contributed by atoms with Crippen LogP contribution in [-0.2, 0) is 9.53 Å². The molecule has 0 spiro atoms. The van der Waals surface area contributed by atoms with Crippen LogP contribution in [0.25, 0.3) is 0 Å². The molecule has 0 saturated heterocycles. The molecular formula is C12H16FNO2. The predicted octanol–water partition coefficient (Wildman–Crippen LogP) is 2.58. The third-order valence-electron chi connectivity index (χ3n) is 2.35. The summed E-state index contributed by atoms with van der Waals surface area (Å²) in [6.45, 7) is 1.98. The van der Waals surface area contributed by atoms with E-state index < -0.39 is 0 Å². The molecule has 1 aromatic carbocycles. The number of hydrogen-bond acceptors (Lipinski definition) is 3. The molecule has 0 aromatic heterocycles. The number of ether oxygens (including phenoxy) is 1. The fraction of sp³-hybridized carbons (Fsp3) is 0.417. The fourth-order valence-corrected chi connectivity index (χ4v) is 1.36. The zero-order valence-corrected chi connectivity index (χ0v) is 9.50. The second-order valence-electron chi connectivity index (χ2n) is 3.54. The Balaban J connectivity index is 2.56. The lowest BCUT2D eigenvalue weighted by atomic mass is 10.1. The van der Waals surface area contributed by atoms with E-state index in [0.717, 1.165) is 12.1 Å². The van der Waals surface area contributed by atoms with Crippen LogP contribution < -0.4 is 5.32 Å². The van der Waals surface area contributed by atoms with Crippen molar-refractivity contribution < 1.29 is 13.9 Å². The molecule has 0 aliphatic heterocycles. The molecule has 0 radical (unpaired) electrons. The van der Waals surface area contributed by atoms with Gasteiger partial charge < -0.3 is 10.1 Å². The standard InChI is InChI=1S/C12H16FNO2/c1-3-10(8-12(15)16-2)14-11-6-4-9(13)5-7-11/h4-7,10,14H,3,8H2,1-2H3/t10-/m1/s1. The Hall–Kier alpha value is -1.58. The van der Waals surface area contributed by atoms with Crippen molar-refractivity contribution in [3.63, 3.8) is 0 Å². The first-order valence-corrected chi connectivity index (χ1v) is 5.24. The number of anilines is 1. The van der Waals surface area contributed by atoms with E-state index in [1.54, 1.807) is 12.1 Å². The van der Waals surface area contributed by atoms with Crippen molar-refractivity contribution in [1.82, 2.24) is 0 Å². The molecule has 3 nitrogen and oxygen atoms in total. The molecule has 0 bridgehead atoms. The van der Waals surface area contributed by atoms with Crippen molar-refractivity contribution in [3.8, 4) is 0 Å². The number of rotatable bonds is 5. The average molecular weight is 225 g/mol. The van der Waals surface area contributed by atoms with Gasteiger partial charge in [0.05, 0.1) is 13.5 Å². The minimum atomic E-state index is -0.272. The van der Waals surface area contributed by atoms with Crippen molar-refractivity contribution in [2.24, 2.45) is 0 Å². The average Bonchev–Trinajstić information content (AvgIpc) is 2.30. The largest absolute Gasteiger partial charge is 0.469 e. The van der Waals surface area contributed by atoms with Crippen molar-refractivity contribution in [3.05, 3.63) is 30.1 Å². The van der Waals surface area contributed by atoms with E-state index in [9.17, 15) is 9.18 Å². The molecule has 1 N–H and O–H groups in total. The minimum absolute atomic E-state index is 0.0120. The third kappa shape index (κ3) is 3.88. The molecule has 0 amide bonds. The Morgan fingerprint density at radius 2 is 2.06 bits per heavy atom. The van der Waals surface area contributed by atoms with Crippen molar-refractivity contribution in [2.75, 3.05) is 12.4 Å². The van der Waals surface area contributed by atoms with Gasteiger partial charge in [-0.25, -0.2) is 4.39 Å². The highest BCUT2D eigenvalue weighted by Crippen LogP contribution is 2.12. The van der Waals surface area contributed by atoms with Crippen LogP contribution in [0.15, 0.2) is 24.3 Å². The van der Waals surface area contributed by atoms with Crippen LogP contribution in [0.5, 0.6) is 0 Å². The topological polar surface area (TPSA) is 38.3 Å². The molecule has 0 heterocycles. The molecule has 0 fully saturated rings. The smallest absolute Gasteiger partial charge is 0.307 e. The maximum Gasteiger partial charge on any atom is 0.307 e. The van der Waals surface area contributed by atoms with Crippen molar-refractivity contribution in [1.29, 1.82) is 0 Å². The van der Waals surface area contributed by atoms with Gasteiger partial charge in [-0.1, -0.05) is 6.92 Å². The first-order chi connectivity index (χ1) is 7.65. The zero-order valence-electron chi connectivity index (χ0n) is 9.50. The van der Waals surface area contributed by atoms with Gasteiger partial charge >= 0.3 is 5.97 Å². The van der Waals surface area contributed by atoms with Crippen LogP contribution in [0, 0.1) is 5.82 Å². The Kier molecular flexibility index (Phi) is 4.76. The summed E-state index contributed by atoms with van der Waals surface area (Å²) < 4.78 is 17.3. The summed E-state index contributed by atoms with van der Waals surface area (Å²) in [4.78, 5) is 11.1. The van der Waals surface area contributed by atoms with Crippen molar-refractivity contribution >= 4 is 11.7 Å². The Bertz CT molecular complexity index is 337. The highest BCUT2D eigenvalue weighted by atomic mass is 19.1. The second kappa shape index (κ2) is 6.10. The van der Waals surface area contributed by atoms with Crippen LogP contribution in [-0.4, -0.2) is 19.1 Å². The molecule has 0 aliphatic carbocycles.